The maximum atomic E-state index is 10.9. The molecule has 0 aliphatic heterocycles. The van der Waals surface area contributed by atoms with Crippen molar-refractivity contribution >= 4 is 28.6 Å². The molecule has 0 fully saturated rings. The molecule has 0 atom stereocenters. The molecule has 1 N–H and O–H groups in total. The van der Waals surface area contributed by atoms with Crippen molar-refractivity contribution in [3.8, 4) is 0 Å². The zero-order valence-corrected chi connectivity index (χ0v) is 12.8. The lowest BCUT2D eigenvalue weighted by atomic mass is 10.2. The van der Waals surface area contributed by atoms with Gasteiger partial charge in [-0.3, -0.25) is 4.90 Å². The summed E-state index contributed by atoms with van der Waals surface area (Å²) in [5.41, 5.74) is 1.09. The average molecular weight is 296 g/mol. The van der Waals surface area contributed by atoms with Gasteiger partial charge in [-0.05, 0) is 32.5 Å². The molecule has 0 spiro atoms. The molecular formula is C13H16N2O2S2. The molecule has 2 aromatic rings. The van der Waals surface area contributed by atoms with Crippen LogP contribution < -0.4 is 0 Å². The van der Waals surface area contributed by atoms with Crippen LogP contribution in [0.5, 0.6) is 0 Å². The van der Waals surface area contributed by atoms with E-state index in [0.717, 1.165) is 28.5 Å². The smallest absolute Gasteiger partial charge is 0.345 e. The molecule has 2 heterocycles. The summed E-state index contributed by atoms with van der Waals surface area (Å²) >= 11 is 3.04. The van der Waals surface area contributed by atoms with Gasteiger partial charge in [0.15, 0.2) is 0 Å². The van der Waals surface area contributed by atoms with Crippen LogP contribution in [0.25, 0.3) is 0 Å². The van der Waals surface area contributed by atoms with E-state index in [2.05, 4.69) is 9.88 Å². The van der Waals surface area contributed by atoms with E-state index in [1.165, 1.54) is 16.2 Å². The summed E-state index contributed by atoms with van der Waals surface area (Å²) in [6.45, 7) is 5.56. The molecule has 0 aromatic carbocycles. The number of nitrogens with zero attached hydrogens (tertiary/aromatic N) is 2. The van der Waals surface area contributed by atoms with E-state index in [1.807, 2.05) is 27.1 Å². The molecule has 0 bridgehead atoms. The minimum atomic E-state index is -0.847. The van der Waals surface area contributed by atoms with E-state index >= 15 is 0 Å². The summed E-state index contributed by atoms with van der Waals surface area (Å²) in [5, 5.41) is 10.1. The first-order valence-corrected chi connectivity index (χ1v) is 7.51. The number of rotatable bonds is 5. The molecule has 0 amide bonds. The first kappa shape index (κ1) is 14.2. The van der Waals surface area contributed by atoms with Crippen molar-refractivity contribution < 1.29 is 9.90 Å². The molecule has 2 aromatic heterocycles. The largest absolute Gasteiger partial charge is 0.477 e. The Morgan fingerprint density at radius 2 is 2.11 bits per heavy atom. The number of hydrogen-bond donors (Lipinski definition) is 1. The molecule has 19 heavy (non-hydrogen) atoms. The van der Waals surface area contributed by atoms with Gasteiger partial charge in [0.1, 0.15) is 4.88 Å². The molecule has 0 unspecified atom stereocenters. The second kappa shape index (κ2) is 5.81. The van der Waals surface area contributed by atoms with Crippen molar-refractivity contribution in [1.29, 1.82) is 0 Å². The normalized spacial score (nSPS) is 11.2. The van der Waals surface area contributed by atoms with Gasteiger partial charge in [0.25, 0.3) is 0 Å². The molecule has 2 rings (SSSR count). The van der Waals surface area contributed by atoms with Crippen LogP contribution in [0, 0.1) is 13.8 Å². The van der Waals surface area contributed by atoms with Gasteiger partial charge >= 0.3 is 5.97 Å². The highest BCUT2D eigenvalue weighted by Gasteiger charge is 2.13. The Morgan fingerprint density at radius 3 is 2.63 bits per heavy atom. The number of aromatic nitrogens is 1. The summed E-state index contributed by atoms with van der Waals surface area (Å²) in [7, 11) is 2.03. The zero-order chi connectivity index (χ0) is 14.0. The molecule has 102 valence electrons. The van der Waals surface area contributed by atoms with Crippen LogP contribution in [-0.4, -0.2) is 28.0 Å². The second-order valence-corrected chi connectivity index (χ2v) is 7.09. The SMILES string of the molecule is Cc1ncc(CN(C)Cc2cc(C(=O)O)sc2C)s1. The maximum Gasteiger partial charge on any atom is 0.345 e. The predicted molar refractivity (Wildman–Crippen MR) is 78.0 cm³/mol. The van der Waals surface area contributed by atoms with Crippen LogP contribution in [0.4, 0.5) is 0 Å². The summed E-state index contributed by atoms with van der Waals surface area (Å²) in [4.78, 5) is 20.1. The van der Waals surface area contributed by atoms with Crippen LogP contribution in [-0.2, 0) is 13.1 Å². The summed E-state index contributed by atoms with van der Waals surface area (Å²) in [5.74, 6) is -0.847. The van der Waals surface area contributed by atoms with Crippen LogP contribution >= 0.6 is 22.7 Å². The molecule has 4 nitrogen and oxygen atoms in total. The molecular weight excluding hydrogens is 280 g/mol. The minimum absolute atomic E-state index is 0.412. The Morgan fingerprint density at radius 1 is 1.37 bits per heavy atom. The molecule has 0 aliphatic rings. The van der Waals surface area contributed by atoms with E-state index in [1.54, 1.807) is 17.4 Å². The van der Waals surface area contributed by atoms with Gasteiger partial charge in [-0.1, -0.05) is 0 Å². The Labute approximate surface area is 120 Å². The second-order valence-electron chi connectivity index (χ2n) is 4.52. The fourth-order valence-electron chi connectivity index (χ4n) is 1.87. The first-order valence-electron chi connectivity index (χ1n) is 5.88. The van der Waals surface area contributed by atoms with Crippen molar-refractivity contribution in [2.24, 2.45) is 0 Å². The molecule has 0 radical (unpaired) electrons. The lowest BCUT2D eigenvalue weighted by Crippen LogP contribution is -2.16. The number of aromatic carboxylic acids is 1. The lowest BCUT2D eigenvalue weighted by Gasteiger charge is -2.15. The fraction of sp³-hybridized carbons (Fsp3) is 0.385. The number of aryl methyl sites for hydroxylation is 2. The van der Waals surface area contributed by atoms with Crippen molar-refractivity contribution in [2.45, 2.75) is 26.9 Å². The first-order chi connectivity index (χ1) is 8.95. The Kier molecular flexibility index (Phi) is 4.34. The minimum Gasteiger partial charge on any atom is -0.477 e. The summed E-state index contributed by atoms with van der Waals surface area (Å²) in [6, 6.07) is 1.77. The van der Waals surface area contributed by atoms with E-state index in [9.17, 15) is 4.79 Å². The molecule has 0 aliphatic carbocycles. The Balaban J connectivity index is 2.02. The van der Waals surface area contributed by atoms with Crippen LogP contribution in [0.15, 0.2) is 12.3 Å². The van der Waals surface area contributed by atoms with Gasteiger partial charge in [0.2, 0.25) is 0 Å². The highest BCUT2D eigenvalue weighted by molar-refractivity contribution is 7.14. The third-order valence-electron chi connectivity index (χ3n) is 2.77. The lowest BCUT2D eigenvalue weighted by molar-refractivity contribution is 0.0702. The highest BCUT2D eigenvalue weighted by Crippen LogP contribution is 2.23. The number of carboxylic acid groups (broad SMARTS) is 1. The van der Waals surface area contributed by atoms with Crippen molar-refractivity contribution in [1.82, 2.24) is 9.88 Å². The van der Waals surface area contributed by atoms with Gasteiger partial charge in [-0.15, -0.1) is 22.7 Å². The summed E-state index contributed by atoms with van der Waals surface area (Å²) < 4.78 is 0. The summed E-state index contributed by atoms with van der Waals surface area (Å²) in [6.07, 6.45) is 1.90. The van der Waals surface area contributed by atoms with E-state index in [4.69, 9.17) is 5.11 Å². The van der Waals surface area contributed by atoms with Crippen LogP contribution in [0.1, 0.15) is 30.0 Å². The van der Waals surface area contributed by atoms with Gasteiger partial charge in [0, 0.05) is 29.0 Å². The van der Waals surface area contributed by atoms with E-state index in [-0.39, 0.29) is 0 Å². The zero-order valence-electron chi connectivity index (χ0n) is 11.1. The van der Waals surface area contributed by atoms with Gasteiger partial charge in [-0.25, -0.2) is 9.78 Å². The van der Waals surface area contributed by atoms with E-state index in [0.29, 0.717) is 4.88 Å². The van der Waals surface area contributed by atoms with Gasteiger partial charge in [0.05, 0.1) is 5.01 Å². The van der Waals surface area contributed by atoms with Gasteiger partial charge < -0.3 is 5.11 Å². The Bertz CT molecular complexity index is 589. The third kappa shape index (κ3) is 3.62. The standard InChI is InChI=1S/C13H16N2O2S2/c1-8-10(4-12(18-8)13(16)17)6-15(3)7-11-5-14-9(2)19-11/h4-5H,6-7H2,1-3H3,(H,16,17). The number of thiazole rings is 1. The number of carbonyl (C=O) groups is 1. The molecule has 0 saturated heterocycles. The number of thiophene rings is 1. The predicted octanol–water partition coefficient (Wildman–Crippen LogP) is 3.15. The van der Waals surface area contributed by atoms with E-state index < -0.39 is 5.97 Å². The van der Waals surface area contributed by atoms with Crippen LogP contribution in [0.3, 0.4) is 0 Å². The molecule has 0 saturated carbocycles. The quantitative estimate of drug-likeness (QED) is 0.921. The number of carboxylic acids is 1. The fourth-order valence-corrected chi connectivity index (χ4v) is 3.62. The van der Waals surface area contributed by atoms with Crippen molar-refractivity contribution in [3.05, 3.63) is 37.5 Å². The topological polar surface area (TPSA) is 53.4 Å². The van der Waals surface area contributed by atoms with Crippen molar-refractivity contribution in [2.75, 3.05) is 7.05 Å². The maximum absolute atomic E-state index is 10.9. The monoisotopic (exact) mass is 296 g/mol. The van der Waals surface area contributed by atoms with Gasteiger partial charge in [-0.2, -0.15) is 0 Å². The third-order valence-corrected chi connectivity index (χ3v) is 4.74. The van der Waals surface area contributed by atoms with Crippen LogP contribution in [0.2, 0.25) is 0 Å². The van der Waals surface area contributed by atoms with Crippen molar-refractivity contribution in [3.63, 3.8) is 0 Å². The molecule has 6 heteroatoms. The average Bonchev–Trinajstić information content (AvgIpc) is 2.86. The number of hydrogen-bond acceptors (Lipinski definition) is 5. The Hall–Kier alpha value is -1.24. The highest BCUT2D eigenvalue weighted by atomic mass is 32.1.